The van der Waals surface area contributed by atoms with E-state index in [0.717, 1.165) is 69.1 Å². The van der Waals surface area contributed by atoms with E-state index < -0.39 is 117 Å². The number of aromatic nitrogens is 8. The molecular formula is C85H89BF13N10O25. The molecule has 0 bridgehead atoms. The highest BCUT2D eigenvalue weighted by atomic mass is 19.4. The van der Waals surface area contributed by atoms with Crippen LogP contribution in [0, 0.1) is 23.3 Å². The third-order valence-corrected chi connectivity index (χ3v) is 14.3. The number of aromatic amines is 1. The maximum atomic E-state index is 14.4. The van der Waals surface area contributed by atoms with E-state index >= 15 is 0 Å². The molecule has 6 heterocycles. The molecule has 10 aromatic rings. The predicted molar refractivity (Wildman–Crippen MR) is 446 cm³/mol. The number of alkyl halides is 9. The largest absolute Gasteiger partial charge is 0.475 e. The van der Waals surface area contributed by atoms with E-state index in [9.17, 15) is 95.4 Å². The summed E-state index contributed by atoms with van der Waals surface area (Å²) in [6, 6.07) is 27.0. The van der Waals surface area contributed by atoms with Crippen LogP contribution in [0.3, 0.4) is 0 Å². The summed E-state index contributed by atoms with van der Waals surface area (Å²) in [6.45, 7) is 12.8. The number of halogens is 13. The number of ketones is 2. The van der Waals surface area contributed by atoms with Crippen LogP contribution in [0.4, 0.5) is 68.5 Å². The van der Waals surface area contributed by atoms with Gasteiger partial charge in [0.1, 0.15) is 69.9 Å². The molecule has 0 unspecified atom stereocenters. The second kappa shape index (κ2) is 63.9. The maximum absolute atomic E-state index is 14.4. The molecule has 0 aliphatic carbocycles. The Hall–Kier alpha value is -16.0. The van der Waals surface area contributed by atoms with E-state index in [-0.39, 0.29) is 154 Å². The minimum Gasteiger partial charge on any atom is -0.475 e. The maximum Gasteiger partial charge on any atom is 0.450 e. The molecule has 0 saturated heterocycles. The van der Waals surface area contributed by atoms with Crippen molar-refractivity contribution in [2.45, 2.75) is 128 Å². The first-order valence-corrected chi connectivity index (χ1v) is 36.4. The molecule has 10 rings (SSSR count). The predicted octanol–water partition coefficient (Wildman–Crippen LogP) is 15.3. The summed E-state index contributed by atoms with van der Waals surface area (Å²) in [6.07, 6.45) is -6.43. The number of benzene rings is 4. The Bertz CT molecular complexity index is 5700. The highest BCUT2D eigenvalue weighted by molar-refractivity contribution is 6.06. The molecule has 0 spiro atoms. The number of carbonyl (C=O) groups excluding carboxylic acids is 12. The Morgan fingerprint density at radius 2 is 0.791 bits per heavy atom. The molecule has 723 valence electrons. The minimum atomic E-state index is -5.14. The van der Waals surface area contributed by atoms with Crippen molar-refractivity contribution >= 4 is 67.8 Å². The third-order valence-electron chi connectivity index (χ3n) is 14.3. The first-order chi connectivity index (χ1) is 61.1. The fourth-order valence-electron chi connectivity index (χ4n) is 9.11. The number of nitrogen functional groups attached to an aromatic ring is 1. The fourth-order valence-corrected chi connectivity index (χ4v) is 9.11. The summed E-state index contributed by atoms with van der Waals surface area (Å²) in [5.74, 6) is -4.93. The monoisotopic (exact) mass is 1910 g/mol. The number of amides is 1. The lowest BCUT2D eigenvalue weighted by molar-refractivity contribution is -0.193. The van der Waals surface area contributed by atoms with Gasteiger partial charge < -0.3 is 58.7 Å². The van der Waals surface area contributed by atoms with Crippen LogP contribution in [-0.2, 0) is 81.7 Å². The topological polar surface area (TPSA) is 476 Å². The highest BCUT2D eigenvalue weighted by Gasteiger charge is 2.40. The van der Waals surface area contributed by atoms with E-state index in [2.05, 4.69) is 24.7 Å². The Balaban J connectivity index is -0.000000780. The molecule has 4 aromatic carbocycles. The lowest BCUT2D eigenvalue weighted by Gasteiger charge is -2.15. The lowest BCUT2D eigenvalue weighted by Crippen LogP contribution is -2.41. The normalized spacial score (nSPS) is 9.76. The van der Waals surface area contributed by atoms with E-state index in [1.54, 1.807) is 55.6 Å². The van der Waals surface area contributed by atoms with Crippen molar-refractivity contribution in [3.63, 3.8) is 0 Å². The molecule has 0 saturated carbocycles. The SMILES string of the molecule is C.C.C.C.CCCOc1ncccc1Oc1ccc(F)c(-n2c(=O)cc(C(F)(F)F)[nH]c2=O)c1.CCCOc1ncccc1Oc1ccc(F)c(-n2c(=O)cc(C(F)(F)F)n(C)c2=O)c1.CCCOc1ncccc1Oc1ccc(F)c(N)c1.CCCOc1ncccc1Oc1ccc(F)c(NC(=O)CC(=O)C(F)(F)F)c1.CCOC(=O)CC(C)=O.O=C=O.O=C=O.O=C=O.O=C=O.[B]. The average molecular weight is 1910 g/mol. The molecule has 1 amide bonds. The van der Waals surface area contributed by atoms with E-state index in [1.807, 2.05) is 33.0 Å². The van der Waals surface area contributed by atoms with Crippen molar-refractivity contribution in [2.75, 3.05) is 44.1 Å². The Kier molecular flexibility index (Phi) is 59.2. The van der Waals surface area contributed by atoms with Crippen LogP contribution >= 0.6 is 0 Å². The Morgan fingerprint density at radius 1 is 0.455 bits per heavy atom. The van der Waals surface area contributed by atoms with Gasteiger partial charge in [-0.1, -0.05) is 57.4 Å². The molecule has 49 heteroatoms. The van der Waals surface area contributed by atoms with Crippen LogP contribution in [0.15, 0.2) is 177 Å². The van der Waals surface area contributed by atoms with Gasteiger partial charge in [0.25, 0.3) is 34.6 Å². The summed E-state index contributed by atoms with van der Waals surface area (Å²) >= 11 is 0. The van der Waals surface area contributed by atoms with E-state index in [1.165, 1.54) is 73.0 Å². The first-order valence-electron chi connectivity index (χ1n) is 36.4. The van der Waals surface area contributed by atoms with Gasteiger partial charge in [0.05, 0.1) is 62.2 Å². The number of pyridine rings is 4. The molecule has 35 nitrogen and oxygen atoms in total. The molecule has 3 radical (unpaired) electrons. The molecule has 0 fully saturated rings. The number of H-pyrrole nitrogens is 1. The molecular weight excluding hydrogens is 1820 g/mol. The number of rotatable bonds is 28. The van der Waals surface area contributed by atoms with Crippen LogP contribution in [-0.4, -0.2) is 134 Å². The van der Waals surface area contributed by atoms with Gasteiger partial charge in [-0.15, -0.1) is 0 Å². The molecule has 6 aromatic heterocycles. The van der Waals surface area contributed by atoms with Crippen molar-refractivity contribution in [1.82, 2.24) is 38.6 Å². The number of nitrogens with zero attached hydrogens (tertiary/aromatic N) is 7. The number of nitrogens with one attached hydrogen (secondary N) is 2. The lowest BCUT2D eigenvalue weighted by atomic mass is 10.2. The van der Waals surface area contributed by atoms with Gasteiger partial charge in [0.2, 0.25) is 11.7 Å². The molecule has 0 atom stereocenters. The van der Waals surface area contributed by atoms with E-state index in [0.29, 0.717) is 55.0 Å². The zero-order chi connectivity index (χ0) is 97.2. The number of ether oxygens (including phenoxy) is 9. The average Bonchev–Trinajstić information content (AvgIpc) is 0.770. The zero-order valence-electron chi connectivity index (χ0n) is 68.7. The summed E-state index contributed by atoms with van der Waals surface area (Å²) in [7, 11) is 0.840. The van der Waals surface area contributed by atoms with Crippen LogP contribution in [0.2, 0.25) is 0 Å². The summed E-state index contributed by atoms with van der Waals surface area (Å²) in [5, 5.41) is 1.93. The number of hydrogen-bond acceptors (Lipinski definition) is 30. The van der Waals surface area contributed by atoms with Crippen molar-refractivity contribution in [2.24, 2.45) is 7.05 Å². The van der Waals surface area contributed by atoms with Crippen molar-refractivity contribution in [3.05, 3.63) is 235 Å². The Morgan fingerprint density at radius 3 is 1.11 bits per heavy atom. The third kappa shape index (κ3) is 42.9. The van der Waals surface area contributed by atoms with Crippen molar-refractivity contribution < 1.29 is 157 Å². The fraction of sp³-hybridized carbons (Fsp3) is 0.294. The first kappa shape index (κ1) is 124. The van der Waals surface area contributed by atoms with Gasteiger partial charge in [0.15, 0.2) is 23.0 Å². The van der Waals surface area contributed by atoms with Gasteiger partial charge in [-0.05, 0) is 137 Å². The van der Waals surface area contributed by atoms with Gasteiger partial charge in [0, 0.05) is 76.6 Å². The minimum absolute atomic E-state index is 0. The number of hydrogen-bond donors (Lipinski definition) is 3. The Labute approximate surface area is 755 Å². The van der Waals surface area contributed by atoms with Gasteiger partial charge in [-0.2, -0.15) is 77.9 Å². The molecule has 0 aliphatic heterocycles. The van der Waals surface area contributed by atoms with Crippen LogP contribution in [0.25, 0.3) is 11.4 Å². The number of carbonyl (C=O) groups is 4. The number of Topliss-reactive ketones (excluding diaryl/α,β-unsaturated/α-hetero) is 2. The van der Waals surface area contributed by atoms with Crippen LogP contribution in [0.5, 0.6) is 69.5 Å². The van der Waals surface area contributed by atoms with Crippen LogP contribution in [0.1, 0.15) is 121 Å². The smallest absolute Gasteiger partial charge is 0.450 e. The molecule has 0 aliphatic rings. The van der Waals surface area contributed by atoms with Gasteiger partial charge >= 0.3 is 60.5 Å². The second-order valence-corrected chi connectivity index (χ2v) is 23.9. The van der Waals surface area contributed by atoms with Crippen LogP contribution < -0.4 is 71.4 Å². The van der Waals surface area contributed by atoms with Crippen molar-refractivity contribution in [1.29, 1.82) is 0 Å². The quantitative estimate of drug-likeness (QED) is 0.0135. The number of esters is 1. The molecule has 4 N–H and O–H groups in total. The van der Waals surface area contributed by atoms with Gasteiger partial charge in [-0.25, -0.2) is 56.2 Å². The summed E-state index contributed by atoms with van der Waals surface area (Å²) in [5.41, 5.74) is -4.50. The summed E-state index contributed by atoms with van der Waals surface area (Å²) in [4.78, 5) is 175. The standard InChI is InChI=1S/C20H17F4N3O4.C19H15F4N3O4.C18H16F4N2O4.C14H15FN2O2.C6H10O3.4CO2.4CH4.B/c1-3-9-30-18-15(5-4-8-25-18)31-12-6-7-13(21)14(10-12)27-17(28)11-16(20(22,23)24)26(2)19(27)29;1-2-8-29-17-14(4-3-7-24-17)30-11-5-6-12(20)13(9-11)26-16(27)10-15(19(21,22)23)25-18(26)28;1-2-8-27-17-14(4-3-7-23-17)28-11-5-6-12(19)13(9-11)24-16(26)10-15(25)18(20,21)22;1-2-8-18-14-13(4-3-7-17-14)19-10-5-6-11(15)12(16)9-10;1-3-9-6(8)4-5(2)7;4*2-1-3;;;;;/h4-8,10-11H,3,9H2,1-2H3;3-7,9-10H,2,8H2,1H3,(H,25,28);3-7,9H,2,8,10H2,1H3,(H,24,26);3-7,9H,2,8,16H2,1H3;3-4H2,1-2H3;;;;;4*1H4;. The second-order valence-electron chi connectivity index (χ2n) is 23.9. The van der Waals surface area contributed by atoms with E-state index in [4.69, 9.17) is 82.0 Å². The van der Waals surface area contributed by atoms with Gasteiger partial charge in [-0.3, -0.25) is 33.3 Å². The van der Waals surface area contributed by atoms with Crippen molar-refractivity contribution in [3.8, 4) is 80.9 Å². The zero-order valence-corrected chi connectivity index (χ0v) is 68.7. The highest BCUT2D eigenvalue weighted by Crippen LogP contribution is 2.37. The summed E-state index contributed by atoms with van der Waals surface area (Å²) < 4.78 is 219. The number of nitrogens with two attached hydrogens (primary N) is 1. The number of anilines is 2. The molecule has 134 heavy (non-hydrogen) atoms.